The average Bonchev–Trinajstić information content (AvgIpc) is 2.47. The van der Waals surface area contributed by atoms with E-state index in [4.69, 9.17) is 12.2 Å². The van der Waals surface area contributed by atoms with Crippen LogP contribution in [0.15, 0.2) is 48.5 Å². The molecule has 6 heteroatoms. The maximum Gasteiger partial charge on any atom is 0.416 e. The van der Waals surface area contributed by atoms with Gasteiger partial charge in [0.15, 0.2) is 5.11 Å². The van der Waals surface area contributed by atoms with Gasteiger partial charge in [-0.05, 0) is 61.0 Å². The second-order valence-electron chi connectivity index (χ2n) is 5.20. The van der Waals surface area contributed by atoms with Crippen LogP contribution in [0.25, 0.3) is 0 Å². The molecule has 2 aromatic rings. The number of hydrogen-bond acceptors (Lipinski definition) is 1. The summed E-state index contributed by atoms with van der Waals surface area (Å²) in [6.07, 6.45) is -3.70. The summed E-state index contributed by atoms with van der Waals surface area (Å²) in [6, 6.07) is 13.0. The van der Waals surface area contributed by atoms with Crippen LogP contribution in [0.1, 0.15) is 16.7 Å². The molecule has 0 aliphatic carbocycles. The minimum absolute atomic E-state index is 0.488. The average molecular weight is 338 g/mol. The van der Waals surface area contributed by atoms with Crippen LogP contribution in [0.4, 0.5) is 18.9 Å². The van der Waals surface area contributed by atoms with Crippen molar-refractivity contribution in [2.75, 3.05) is 11.9 Å². The molecule has 2 N–H and O–H groups in total. The highest BCUT2D eigenvalue weighted by atomic mass is 32.1. The largest absolute Gasteiger partial charge is 0.416 e. The number of anilines is 1. The summed E-state index contributed by atoms with van der Waals surface area (Å²) in [5.41, 5.74) is 2.22. The van der Waals surface area contributed by atoms with Crippen LogP contribution in [0, 0.1) is 6.92 Å². The van der Waals surface area contributed by atoms with E-state index in [9.17, 15) is 13.2 Å². The first-order valence-corrected chi connectivity index (χ1v) is 7.53. The SMILES string of the molecule is Cc1cccc(NC(=S)NCCc2ccc(C(F)(F)F)cc2)c1. The quantitative estimate of drug-likeness (QED) is 0.800. The highest BCUT2D eigenvalue weighted by Gasteiger charge is 2.29. The summed E-state index contributed by atoms with van der Waals surface area (Å²) >= 11 is 5.19. The molecule has 0 aliphatic heterocycles. The predicted molar refractivity (Wildman–Crippen MR) is 90.6 cm³/mol. The first kappa shape index (κ1) is 17.3. The van der Waals surface area contributed by atoms with Crippen molar-refractivity contribution >= 4 is 23.0 Å². The minimum atomic E-state index is -4.30. The molecule has 0 saturated carbocycles. The Morgan fingerprint density at radius 3 is 2.39 bits per heavy atom. The number of alkyl halides is 3. The monoisotopic (exact) mass is 338 g/mol. The fourth-order valence-corrected chi connectivity index (χ4v) is 2.30. The molecule has 0 aliphatic rings. The summed E-state index contributed by atoms with van der Waals surface area (Å²) in [5, 5.41) is 6.60. The molecule has 0 unspecified atom stereocenters. The zero-order valence-electron chi connectivity index (χ0n) is 12.6. The lowest BCUT2D eigenvalue weighted by Crippen LogP contribution is -2.30. The predicted octanol–water partition coefficient (Wildman–Crippen LogP) is 4.54. The lowest BCUT2D eigenvalue weighted by Gasteiger charge is -2.11. The first-order valence-electron chi connectivity index (χ1n) is 7.12. The van der Waals surface area contributed by atoms with E-state index in [0.29, 0.717) is 18.1 Å². The topological polar surface area (TPSA) is 24.1 Å². The van der Waals surface area contributed by atoms with Crippen molar-refractivity contribution in [3.63, 3.8) is 0 Å². The normalized spacial score (nSPS) is 11.1. The van der Waals surface area contributed by atoms with Gasteiger partial charge in [-0.2, -0.15) is 13.2 Å². The molecule has 0 fully saturated rings. The van der Waals surface area contributed by atoms with Crippen LogP contribution in [-0.4, -0.2) is 11.7 Å². The van der Waals surface area contributed by atoms with E-state index >= 15 is 0 Å². The Bertz CT molecular complexity index is 666. The smallest absolute Gasteiger partial charge is 0.362 e. The van der Waals surface area contributed by atoms with Gasteiger partial charge >= 0.3 is 6.18 Å². The fourth-order valence-electron chi connectivity index (χ4n) is 2.08. The van der Waals surface area contributed by atoms with Gasteiger partial charge in [-0.1, -0.05) is 24.3 Å². The zero-order chi connectivity index (χ0) is 16.9. The molecule has 0 amide bonds. The number of halogens is 3. The van der Waals surface area contributed by atoms with Gasteiger partial charge in [-0.3, -0.25) is 0 Å². The molecular weight excluding hydrogens is 321 g/mol. The molecular formula is C17H17F3N2S. The molecule has 23 heavy (non-hydrogen) atoms. The minimum Gasteiger partial charge on any atom is -0.362 e. The molecule has 0 spiro atoms. The highest BCUT2D eigenvalue weighted by Crippen LogP contribution is 2.29. The Kier molecular flexibility index (Phi) is 5.60. The third-order valence-electron chi connectivity index (χ3n) is 3.26. The van der Waals surface area contributed by atoms with E-state index < -0.39 is 11.7 Å². The van der Waals surface area contributed by atoms with Crippen molar-refractivity contribution in [2.24, 2.45) is 0 Å². The Morgan fingerprint density at radius 1 is 1.09 bits per heavy atom. The summed E-state index contributed by atoms with van der Waals surface area (Å²) in [7, 11) is 0. The maximum atomic E-state index is 12.5. The molecule has 2 nitrogen and oxygen atoms in total. The third-order valence-corrected chi connectivity index (χ3v) is 3.50. The van der Waals surface area contributed by atoms with Gasteiger partial charge < -0.3 is 10.6 Å². The highest BCUT2D eigenvalue weighted by molar-refractivity contribution is 7.80. The second-order valence-corrected chi connectivity index (χ2v) is 5.60. The molecule has 0 radical (unpaired) electrons. The molecule has 2 aromatic carbocycles. The fraction of sp³-hybridized carbons (Fsp3) is 0.235. The van der Waals surface area contributed by atoms with Crippen LogP contribution in [0.2, 0.25) is 0 Å². The Balaban J connectivity index is 1.79. The van der Waals surface area contributed by atoms with Gasteiger partial charge in [0, 0.05) is 12.2 Å². The van der Waals surface area contributed by atoms with E-state index in [1.807, 2.05) is 31.2 Å². The zero-order valence-corrected chi connectivity index (χ0v) is 13.4. The van der Waals surface area contributed by atoms with E-state index in [1.54, 1.807) is 0 Å². The van der Waals surface area contributed by atoms with Gasteiger partial charge in [0.25, 0.3) is 0 Å². The van der Waals surface area contributed by atoms with Crippen LogP contribution in [-0.2, 0) is 12.6 Å². The standard InChI is InChI=1S/C17H17F3N2S/c1-12-3-2-4-15(11-12)22-16(23)21-10-9-13-5-7-14(8-6-13)17(18,19)20/h2-8,11H,9-10H2,1H3,(H2,21,22,23). The Labute approximate surface area is 138 Å². The third kappa shape index (κ3) is 5.56. The van der Waals surface area contributed by atoms with Crippen molar-refractivity contribution in [1.82, 2.24) is 5.32 Å². The van der Waals surface area contributed by atoms with Crippen LogP contribution < -0.4 is 10.6 Å². The van der Waals surface area contributed by atoms with Crippen LogP contribution in [0.5, 0.6) is 0 Å². The Morgan fingerprint density at radius 2 is 1.78 bits per heavy atom. The summed E-state index contributed by atoms with van der Waals surface area (Å²) in [6.45, 7) is 2.54. The maximum absolute atomic E-state index is 12.5. The van der Waals surface area contributed by atoms with Gasteiger partial charge in [0.2, 0.25) is 0 Å². The van der Waals surface area contributed by atoms with Crippen molar-refractivity contribution in [3.8, 4) is 0 Å². The van der Waals surface area contributed by atoms with Crippen molar-refractivity contribution in [3.05, 3.63) is 65.2 Å². The van der Waals surface area contributed by atoms with Crippen LogP contribution in [0.3, 0.4) is 0 Å². The van der Waals surface area contributed by atoms with Gasteiger partial charge in [-0.25, -0.2) is 0 Å². The van der Waals surface area contributed by atoms with Crippen molar-refractivity contribution in [2.45, 2.75) is 19.5 Å². The van der Waals surface area contributed by atoms with E-state index in [0.717, 1.165) is 28.9 Å². The number of benzene rings is 2. The lowest BCUT2D eigenvalue weighted by atomic mass is 10.1. The van der Waals surface area contributed by atoms with Crippen molar-refractivity contribution in [1.29, 1.82) is 0 Å². The molecule has 0 heterocycles. The summed E-state index contributed by atoms with van der Waals surface area (Å²) in [5.74, 6) is 0. The van der Waals surface area contributed by atoms with Crippen LogP contribution >= 0.6 is 12.2 Å². The number of nitrogens with one attached hydrogen (secondary N) is 2. The number of aryl methyl sites for hydroxylation is 1. The van der Waals surface area contributed by atoms with Gasteiger partial charge in [0.1, 0.15) is 0 Å². The first-order chi connectivity index (χ1) is 10.8. The second kappa shape index (κ2) is 7.46. The summed E-state index contributed by atoms with van der Waals surface area (Å²) in [4.78, 5) is 0. The molecule has 0 aromatic heterocycles. The number of thiocarbonyl (C=S) groups is 1. The molecule has 0 bridgehead atoms. The molecule has 0 saturated heterocycles. The van der Waals surface area contributed by atoms with E-state index in [-0.39, 0.29) is 0 Å². The number of hydrogen-bond donors (Lipinski definition) is 2. The lowest BCUT2D eigenvalue weighted by molar-refractivity contribution is -0.137. The summed E-state index contributed by atoms with van der Waals surface area (Å²) < 4.78 is 37.4. The molecule has 0 atom stereocenters. The molecule has 2 rings (SSSR count). The van der Waals surface area contributed by atoms with Crippen molar-refractivity contribution < 1.29 is 13.2 Å². The van der Waals surface area contributed by atoms with E-state index in [1.165, 1.54) is 12.1 Å². The van der Waals surface area contributed by atoms with Gasteiger partial charge in [-0.15, -0.1) is 0 Å². The number of rotatable bonds is 4. The van der Waals surface area contributed by atoms with Gasteiger partial charge in [0.05, 0.1) is 5.56 Å². The molecule has 122 valence electrons. The Hall–Kier alpha value is -2.08. The van der Waals surface area contributed by atoms with E-state index in [2.05, 4.69) is 10.6 Å².